The first-order valence-corrected chi connectivity index (χ1v) is 6.10. The van der Waals surface area contributed by atoms with Crippen molar-refractivity contribution in [1.29, 1.82) is 0 Å². The fourth-order valence-corrected chi connectivity index (χ4v) is 1.50. The first-order valence-electron chi connectivity index (χ1n) is 6.10. The topological polar surface area (TPSA) is 57.2 Å². The van der Waals surface area contributed by atoms with E-state index in [0.717, 1.165) is 5.71 Å². The quantitative estimate of drug-likeness (QED) is 0.597. The van der Waals surface area contributed by atoms with Gasteiger partial charge in [0, 0.05) is 18.5 Å². The van der Waals surface area contributed by atoms with Crippen LogP contribution >= 0.6 is 0 Å². The number of aliphatic imine (C=N–C) groups is 1. The summed E-state index contributed by atoms with van der Waals surface area (Å²) in [6, 6.07) is 1.72. The molecule has 0 bridgehead atoms. The van der Waals surface area contributed by atoms with Crippen LogP contribution in [0.3, 0.4) is 0 Å². The number of nitrogens with zero attached hydrogens (tertiary/aromatic N) is 1. The third-order valence-electron chi connectivity index (χ3n) is 2.32. The number of carbonyl (C=O) groups is 1. The van der Waals surface area contributed by atoms with Crippen LogP contribution in [0.2, 0.25) is 0 Å². The van der Waals surface area contributed by atoms with Crippen molar-refractivity contribution in [1.82, 2.24) is 10.3 Å². The molecule has 0 atom stereocenters. The summed E-state index contributed by atoms with van der Waals surface area (Å²) in [6.45, 7) is 7.84. The highest BCUT2D eigenvalue weighted by atomic mass is 16.1. The van der Waals surface area contributed by atoms with Crippen molar-refractivity contribution >= 4 is 17.4 Å². The molecule has 1 amide bonds. The van der Waals surface area contributed by atoms with Crippen LogP contribution in [-0.4, -0.2) is 23.1 Å². The normalized spacial score (nSPS) is 12.2. The van der Waals surface area contributed by atoms with E-state index >= 15 is 0 Å². The van der Waals surface area contributed by atoms with E-state index in [2.05, 4.69) is 21.9 Å². The summed E-state index contributed by atoms with van der Waals surface area (Å²) in [5.74, 6) is 0.419. The van der Waals surface area contributed by atoms with Crippen LogP contribution in [0.5, 0.6) is 0 Å². The van der Waals surface area contributed by atoms with E-state index in [1.807, 2.05) is 32.1 Å². The predicted octanol–water partition coefficient (Wildman–Crippen LogP) is 3.16. The van der Waals surface area contributed by atoms with Gasteiger partial charge in [-0.3, -0.25) is 4.79 Å². The summed E-state index contributed by atoms with van der Waals surface area (Å²) in [4.78, 5) is 19.3. The molecule has 0 saturated heterocycles. The Kier molecular flexibility index (Phi) is 6.09. The van der Waals surface area contributed by atoms with Gasteiger partial charge in [-0.2, -0.15) is 0 Å². The molecule has 1 rings (SSSR count). The fourth-order valence-electron chi connectivity index (χ4n) is 1.50. The van der Waals surface area contributed by atoms with Crippen molar-refractivity contribution in [3.63, 3.8) is 0 Å². The number of hydrogen-bond donors (Lipinski definition) is 2. The molecule has 19 heavy (non-hydrogen) atoms. The second-order valence-corrected chi connectivity index (χ2v) is 3.87. The Balaban J connectivity index is 2.76. The lowest BCUT2D eigenvalue weighted by Crippen LogP contribution is -2.22. The molecule has 0 spiro atoms. The average molecular weight is 257 g/mol. The van der Waals surface area contributed by atoms with Crippen LogP contribution < -0.4 is 5.32 Å². The van der Waals surface area contributed by atoms with Crippen molar-refractivity contribution in [2.24, 2.45) is 4.99 Å². The average Bonchev–Trinajstić information content (AvgIpc) is 2.83. The Bertz CT molecular complexity index is 521. The largest absolute Gasteiger partial charge is 0.348 e. The van der Waals surface area contributed by atoms with Gasteiger partial charge in [0.05, 0.1) is 5.56 Å². The third kappa shape index (κ3) is 4.79. The van der Waals surface area contributed by atoms with Crippen molar-refractivity contribution in [2.45, 2.75) is 13.8 Å². The molecule has 4 nitrogen and oxygen atoms in total. The van der Waals surface area contributed by atoms with Crippen molar-refractivity contribution in [2.75, 3.05) is 6.54 Å². The molecule has 1 heterocycles. The van der Waals surface area contributed by atoms with Crippen LogP contribution in [0.25, 0.3) is 0 Å². The number of amides is 1. The zero-order valence-corrected chi connectivity index (χ0v) is 11.3. The molecule has 4 heteroatoms. The van der Waals surface area contributed by atoms with Crippen LogP contribution in [-0.2, 0) is 0 Å². The molecule has 0 saturated carbocycles. The number of carbonyl (C=O) groups excluding carboxylic acids is 1. The van der Waals surface area contributed by atoms with Gasteiger partial charge in [0.2, 0.25) is 0 Å². The van der Waals surface area contributed by atoms with Gasteiger partial charge in [-0.05, 0) is 26.0 Å². The minimum atomic E-state index is -0.151. The highest BCUT2D eigenvalue weighted by Crippen LogP contribution is 2.16. The second kappa shape index (κ2) is 7.87. The highest BCUT2D eigenvalue weighted by molar-refractivity contribution is 6.01. The van der Waals surface area contributed by atoms with Gasteiger partial charge < -0.3 is 10.3 Å². The number of allylic oxidation sites excluding steroid dienone is 4. The molecule has 2 N–H and O–H groups in total. The van der Waals surface area contributed by atoms with Crippen molar-refractivity contribution in [3.8, 4) is 0 Å². The molecular weight excluding hydrogens is 238 g/mol. The summed E-state index contributed by atoms with van der Waals surface area (Å²) in [5.41, 5.74) is 1.38. The predicted molar refractivity (Wildman–Crippen MR) is 80.0 cm³/mol. The maximum Gasteiger partial charge on any atom is 0.255 e. The SMILES string of the molecule is C=C/C=C\CNC(=O)c1cc[nH]c1N=C(C)/C=C/C. The number of hydrogen-bond acceptors (Lipinski definition) is 2. The molecule has 0 aliphatic carbocycles. The molecule has 1 aromatic heterocycles. The molecule has 0 radical (unpaired) electrons. The minimum Gasteiger partial charge on any atom is -0.348 e. The lowest BCUT2D eigenvalue weighted by molar-refractivity contribution is 0.0959. The maximum atomic E-state index is 12.0. The zero-order chi connectivity index (χ0) is 14.1. The monoisotopic (exact) mass is 257 g/mol. The van der Waals surface area contributed by atoms with Crippen molar-refractivity contribution in [3.05, 3.63) is 54.8 Å². The van der Waals surface area contributed by atoms with E-state index in [1.54, 1.807) is 24.4 Å². The molecule has 0 fully saturated rings. The molecule has 0 aliphatic heterocycles. The Labute approximate surface area is 113 Å². The first-order chi connectivity index (χ1) is 9.19. The second-order valence-electron chi connectivity index (χ2n) is 3.87. The number of aromatic amines is 1. The number of aromatic nitrogens is 1. The van der Waals surface area contributed by atoms with E-state index in [4.69, 9.17) is 0 Å². The Morgan fingerprint density at radius 3 is 3.05 bits per heavy atom. The van der Waals surface area contributed by atoms with Gasteiger partial charge in [0.15, 0.2) is 0 Å². The fraction of sp³-hybridized carbons (Fsp3) is 0.200. The highest BCUT2D eigenvalue weighted by Gasteiger charge is 2.10. The summed E-state index contributed by atoms with van der Waals surface area (Å²) in [6.07, 6.45) is 10.8. The van der Waals surface area contributed by atoms with Gasteiger partial charge in [-0.25, -0.2) is 4.99 Å². The van der Waals surface area contributed by atoms with Crippen LogP contribution in [0.1, 0.15) is 24.2 Å². The van der Waals surface area contributed by atoms with Gasteiger partial charge in [-0.1, -0.05) is 30.9 Å². The Morgan fingerprint density at radius 2 is 2.37 bits per heavy atom. The Morgan fingerprint density at radius 1 is 1.58 bits per heavy atom. The summed E-state index contributed by atoms with van der Waals surface area (Å²) < 4.78 is 0. The molecule has 1 aromatic rings. The molecule has 100 valence electrons. The third-order valence-corrected chi connectivity index (χ3v) is 2.32. The molecule has 0 aliphatic rings. The van der Waals surface area contributed by atoms with Crippen LogP contribution in [0.4, 0.5) is 5.82 Å². The van der Waals surface area contributed by atoms with Gasteiger partial charge >= 0.3 is 0 Å². The van der Waals surface area contributed by atoms with Crippen molar-refractivity contribution < 1.29 is 4.79 Å². The van der Waals surface area contributed by atoms with Gasteiger partial charge in [-0.15, -0.1) is 0 Å². The van der Waals surface area contributed by atoms with Gasteiger partial charge in [0.25, 0.3) is 5.91 Å². The number of H-pyrrole nitrogens is 1. The van der Waals surface area contributed by atoms with Crippen LogP contribution in [0, 0.1) is 0 Å². The molecular formula is C15H19N3O. The number of rotatable bonds is 6. The van der Waals surface area contributed by atoms with Gasteiger partial charge in [0.1, 0.15) is 5.82 Å². The first kappa shape index (κ1) is 14.7. The lowest BCUT2D eigenvalue weighted by atomic mass is 10.3. The van der Waals surface area contributed by atoms with Crippen LogP contribution in [0.15, 0.2) is 54.2 Å². The molecule has 0 unspecified atom stereocenters. The smallest absolute Gasteiger partial charge is 0.255 e. The van der Waals surface area contributed by atoms with E-state index < -0.39 is 0 Å². The summed E-state index contributed by atoms with van der Waals surface area (Å²) in [7, 11) is 0. The lowest BCUT2D eigenvalue weighted by Gasteiger charge is -2.01. The van der Waals surface area contributed by atoms with E-state index in [-0.39, 0.29) is 5.91 Å². The van der Waals surface area contributed by atoms with E-state index in [0.29, 0.717) is 17.9 Å². The van der Waals surface area contributed by atoms with E-state index in [9.17, 15) is 4.79 Å². The Hall–Kier alpha value is -2.36. The standard InChI is InChI=1S/C15H19N3O/c1-4-6-7-10-17-15(19)13-9-11-16-14(13)18-12(3)8-5-2/h4-9,11,16H,1,10H2,2-3H3,(H,17,19)/b7-6-,8-5+,18-12?. The summed E-state index contributed by atoms with van der Waals surface area (Å²) in [5, 5.41) is 2.78. The summed E-state index contributed by atoms with van der Waals surface area (Å²) >= 11 is 0. The maximum absolute atomic E-state index is 12.0. The zero-order valence-electron chi connectivity index (χ0n) is 11.3. The van der Waals surface area contributed by atoms with E-state index in [1.165, 1.54) is 0 Å². The number of nitrogens with one attached hydrogen (secondary N) is 2. The minimum absolute atomic E-state index is 0.151. The molecule has 0 aromatic carbocycles.